The Bertz CT molecular complexity index is 273. The van der Waals surface area contributed by atoms with E-state index >= 15 is 0 Å². The summed E-state index contributed by atoms with van der Waals surface area (Å²) in [5, 5.41) is 0.812. The molecule has 1 aromatic rings. The molecule has 0 aliphatic heterocycles. The summed E-state index contributed by atoms with van der Waals surface area (Å²) in [7, 11) is 0. The summed E-state index contributed by atoms with van der Waals surface area (Å²) in [5.74, 6) is 0. The summed E-state index contributed by atoms with van der Waals surface area (Å²) in [5.41, 5.74) is 7.22. The van der Waals surface area contributed by atoms with Crippen LogP contribution in [0.1, 0.15) is 31.7 Å². The summed E-state index contributed by atoms with van der Waals surface area (Å²) < 4.78 is 0. The number of hydrogen-bond donors (Lipinski definition) is 1. The molecule has 0 fully saturated rings. The lowest BCUT2D eigenvalue weighted by molar-refractivity contribution is 0.561. The molecule has 0 radical (unpaired) electrons. The number of hydrogen-bond acceptors (Lipinski definition) is 1. The van der Waals surface area contributed by atoms with Gasteiger partial charge in [0.25, 0.3) is 0 Å². The van der Waals surface area contributed by atoms with Gasteiger partial charge in [-0.25, -0.2) is 0 Å². The average Bonchev–Trinajstić information content (AvgIpc) is 2.15. The van der Waals surface area contributed by atoms with Crippen molar-refractivity contribution in [2.75, 3.05) is 0 Å². The van der Waals surface area contributed by atoms with Crippen LogP contribution in [0.15, 0.2) is 24.3 Å². The molecule has 1 atom stereocenters. The minimum absolute atomic E-state index is 0.332. The van der Waals surface area contributed by atoms with Gasteiger partial charge in [-0.05, 0) is 37.0 Å². The van der Waals surface area contributed by atoms with Crippen molar-refractivity contribution in [3.63, 3.8) is 0 Å². The topological polar surface area (TPSA) is 26.0 Å². The summed E-state index contributed by atoms with van der Waals surface area (Å²) in [4.78, 5) is 0. The zero-order chi connectivity index (χ0) is 10.4. The summed E-state index contributed by atoms with van der Waals surface area (Å²) >= 11 is 5.89. The van der Waals surface area contributed by atoms with Crippen LogP contribution in [0.5, 0.6) is 0 Å². The second-order valence-corrected chi connectivity index (χ2v) is 4.15. The molecular weight excluding hydrogens is 194 g/mol. The predicted octanol–water partition coefficient (Wildman–Crippen LogP) is 3.40. The van der Waals surface area contributed by atoms with E-state index in [1.54, 1.807) is 0 Å². The molecule has 14 heavy (non-hydrogen) atoms. The van der Waals surface area contributed by atoms with Crippen molar-refractivity contribution in [1.82, 2.24) is 0 Å². The first kappa shape index (κ1) is 11.5. The Morgan fingerprint density at radius 3 is 2.79 bits per heavy atom. The van der Waals surface area contributed by atoms with Gasteiger partial charge in [-0.15, -0.1) is 0 Å². The lowest BCUT2D eigenvalue weighted by Crippen LogP contribution is -2.20. The van der Waals surface area contributed by atoms with Gasteiger partial charge < -0.3 is 5.73 Å². The van der Waals surface area contributed by atoms with Gasteiger partial charge in [0.2, 0.25) is 0 Å². The van der Waals surface area contributed by atoms with Crippen molar-refractivity contribution in [3.8, 4) is 0 Å². The molecule has 1 unspecified atom stereocenters. The van der Waals surface area contributed by atoms with E-state index in [0.29, 0.717) is 6.04 Å². The van der Waals surface area contributed by atoms with E-state index in [1.165, 1.54) is 5.56 Å². The van der Waals surface area contributed by atoms with E-state index in [-0.39, 0.29) is 0 Å². The second kappa shape index (κ2) is 6.05. The Kier molecular flexibility index (Phi) is 4.99. The van der Waals surface area contributed by atoms with Crippen molar-refractivity contribution < 1.29 is 0 Å². The van der Waals surface area contributed by atoms with Gasteiger partial charge in [0, 0.05) is 11.1 Å². The molecule has 1 rings (SSSR count). The number of benzene rings is 1. The molecule has 78 valence electrons. The highest BCUT2D eigenvalue weighted by Gasteiger charge is 2.01. The standard InChI is InChI=1S/C12H18ClN/c1-2-4-12(14)8-7-10-5-3-6-11(13)9-10/h3,5-6,9,12H,2,4,7-8,14H2,1H3. The van der Waals surface area contributed by atoms with E-state index in [2.05, 4.69) is 13.0 Å². The van der Waals surface area contributed by atoms with E-state index in [9.17, 15) is 0 Å². The maximum atomic E-state index is 5.94. The summed E-state index contributed by atoms with van der Waals surface area (Å²) in [6.45, 7) is 2.17. The van der Waals surface area contributed by atoms with Crippen molar-refractivity contribution >= 4 is 11.6 Å². The molecule has 2 N–H and O–H groups in total. The Hall–Kier alpha value is -0.530. The smallest absolute Gasteiger partial charge is 0.0408 e. The Morgan fingerprint density at radius 1 is 1.36 bits per heavy atom. The number of halogens is 1. The van der Waals surface area contributed by atoms with Crippen molar-refractivity contribution in [3.05, 3.63) is 34.9 Å². The molecule has 0 aliphatic carbocycles. The van der Waals surface area contributed by atoms with Gasteiger partial charge in [-0.2, -0.15) is 0 Å². The first-order chi connectivity index (χ1) is 6.72. The Labute approximate surface area is 91.3 Å². The normalized spacial score (nSPS) is 12.8. The fourth-order valence-electron chi connectivity index (χ4n) is 1.56. The van der Waals surface area contributed by atoms with Crippen LogP contribution in [-0.4, -0.2) is 6.04 Å². The number of nitrogens with two attached hydrogens (primary N) is 1. The zero-order valence-corrected chi connectivity index (χ0v) is 9.43. The monoisotopic (exact) mass is 211 g/mol. The van der Waals surface area contributed by atoms with Gasteiger partial charge in [-0.1, -0.05) is 37.1 Å². The summed E-state index contributed by atoms with van der Waals surface area (Å²) in [6.07, 6.45) is 4.35. The molecule has 0 aliphatic rings. The van der Waals surface area contributed by atoms with Crippen molar-refractivity contribution in [2.45, 2.75) is 38.6 Å². The third kappa shape index (κ3) is 4.12. The van der Waals surface area contributed by atoms with Gasteiger partial charge >= 0.3 is 0 Å². The molecule has 1 nitrogen and oxygen atoms in total. The highest BCUT2D eigenvalue weighted by atomic mass is 35.5. The highest BCUT2D eigenvalue weighted by Crippen LogP contribution is 2.13. The van der Waals surface area contributed by atoms with Crippen LogP contribution in [0.2, 0.25) is 5.02 Å². The van der Waals surface area contributed by atoms with Crippen LogP contribution in [0.25, 0.3) is 0 Å². The quantitative estimate of drug-likeness (QED) is 0.794. The van der Waals surface area contributed by atoms with E-state index in [1.807, 2.05) is 18.2 Å². The molecule has 0 heterocycles. The summed E-state index contributed by atoms with van der Waals surface area (Å²) in [6, 6.07) is 8.34. The second-order valence-electron chi connectivity index (χ2n) is 3.72. The molecular formula is C12H18ClN. The molecule has 0 aromatic heterocycles. The fraction of sp³-hybridized carbons (Fsp3) is 0.500. The minimum Gasteiger partial charge on any atom is -0.328 e. The van der Waals surface area contributed by atoms with Crippen molar-refractivity contribution in [1.29, 1.82) is 0 Å². The van der Waals surface area contributed by atoms with Crippen LogP contribution in [-0.2, 0) is 6.42 Å². The van der Waals surface area contributed by atoms with Gasteiger partial charge in [0.05, 0.1) is 0 Å². The molecule has 0 spiro atoms. The largest absolute Gasteiger partial charge is 0.328 e. The zero-order valence-electron chi connectivity index (χ0n) is 8.67. The lowest BCUT2D eigenvalue weighted by Gasteiger charge is -2.09. The van der Waals surface area contributed by atoms with Gasteiger partial charge in [0.15, 0.2) is 0 Å². The van der Waals surface area contributed by atoms with Crippen LogP contribution in [0.4, 0.5) is 0 Å². The van der Waals surface area contributed by atoms with Crippen LogP contribution in [0, 0.1) is 0 Å². The van der Waals surface area contributed by atoms with Crippen molar-refractivity contribution in [2.24, 2.45) is 5.73 Å². The SMILES string of the molecule is CCCC(N)CCc1cccc(Cl)c1. The lowest BCUT2D eigenvalue weighted by atomic mass is 10.0. The maximum Gasteiger partial charge on any atom is 0.0408 e. The molecule has 0 bridgehead atoms. The minimum atomic E-state index is 0.332. The van der Waals surface area contributed by atoms with Crippen LogP contribution in [0.3, 0.4) is 0 Å². The number of aryl methyl sites for hydroxylation is 1. The van der Waals surface area contributed by atoms with Gasteiger partial charge in [-0.3, -0.25) is 0 Å². The molecule has 0 saturated heterocycles. The maximum absolute atomic E-state index is 5.94. The van der Waals surface area contributed by atoms with Crippen LogP contribution >= 0.6 is 11.6 Å². The average molecular weight is 212 g/mol. The first-order valence-corrected chi connectivity index (χ1v) is 5.60. The molecule has 0 amide bonds. The Balaban J connectivity index is 2.37. The first-order valence-electron chi connectivity index (χ1n) is 5.22. The van der Waals surface area contributed by atoms with Crippen LogP contribution < -0.4 is 5.73 Å². The molecule has 0 saturated carbocycles. The molecule has 2 heteroatoms. The van der Waals surface area contributed by atoms with E-state index in [0.717, 1.165) is 30.7 Å². The highest BCUT2D eigenvalue weighted by molar-refractivity contribution is 6.30. The van der Waals surface area contributed by atoms with Gasteiger partial charge in [0.1, 0.15) is 0 Å². The fourth-order valence-corrected chi connectivity index (χ4v) is 1.77. The third-order valence-corrected chi connectivity index (χ3v) is 2.59. The molecule has 1 aromatic carbocycles. The third-order valence-electron chi connectivity index (χ3n) is 2.35. The predicted molar refractivity (Wildman–Crippen MR) is 62.7 cm³/mol. The Morgan fingerprint density at radius 2 is 2.14 bits per heavy atom. The van der Waals surface area contributed by atoms with E-state index < -0.39 is 0 Å². The van der Waals surface area contributed by atoms with E-state index in [4.69, 9.17) is 17.3 Å². The number of rotatable bonds is 5.